The minimum atomic E-state index is 0.320. The predicted octanol–water partition coefficient (Wildman–Crippen LogP) is 5.12. The molecule has 0 unspecified atom stereocenters. The molecule has 0 bridgehead atoms. The third kappa shape index (κ3) is 2.99. The van der Waals surface area contributed by atoms with Crippen molar-refractivity contribution in [1.29, 1.82) is 0 Å². The van der Waals surface area contributed by atoms with Gasteiger partial charge in [-0.05, 0) is 41.1 Å². The first-order valence-corrected chi connectivity index (χ1v) is 9.32. The molecule has 0 spiro atoms. The smallest absolute Gasteiger partial charge is 0.157 e. The second kappa shape index (κ2) is 6.33. The highest BCUT2D eigenvalue weighted by Gasteiger charge is 2.18. The van der Waals surface area contributed by atoms with Gasteiger partial charge < -0.3 is 5.73 Å². The molecule has 25 heavy (non-hydrogen) atoms. The van der Waals surface area contributed by atoms with E-state index in [0.29, 0.717) is 26.8 Å². The lowest BCUT2D eigenvalue weighted by atomic mass is 10.1. The van der Waals surface area contributed by atoms with Gasteiger partial charge in [0.15, 0.2) is 5.82 Å². The van der Waals surface area contributed by atoms with Crippen LogP contribution in [0.2, 0.25) is 5.02 Å². The summed E-state index contributed by atoms with van der Waals surface area (Å²) in [6, 6.07) is 7.67. The van der Waals surface area contributed by atoms with E-state index < -0.39 is 0 Å². The van der Waals surface area contributed by atoms with E-state index in [1.165, 1.54) is 0 Å². The van der Waals surface area contributed by atoms with Gasteiger partial charge in [0.25, 0.3) is 0 Å². The molecule has 0 aliphatic rings. The number of rotatable bonds is 2. The lowest BCUT2D eigenvalue weighted by Gasteiger charge is -2.10. The highest BCUT2D eigenvalue weighted by atomic mass is 79.9. The van der Waals surface area contributed by atoms with Gasteiger partial charge in [0.1, 0.15) is 21.0 Å². The number of thiazole rings is 1. The van der Waals surface area contributed by atoms with Crippen LogP contribution in [-0.4, -0.2) is 19.9 Å². The number of fused-ring (bicyclic) bond motifs is 1. The fourth-order valence-electron chi connectivity index (χ4n) is 2.53. The monoisotopic (exact) mass is 431 g/mol. The fourth-order valence-corrected chi connectivity index (χ4v) is 3.82. The Morgan fingerprint density at radius 1 is 1.16 bits per heavy atom. The number of pyridine rings is 1. The number of aromatic nitrogens is 4. The number of nitrogen functional groups attached to an aromatic ring is 1. The van der Waals surface area contributed by atoms with Crippen LogP contribution < -0.4 is 5.73 Å². The molecule has 0 saturated carbocycles. The molecule has 124 valence electrons. The summed E-state index contributed by atoms with van der Waals surface area (Å²) in [5.41, 5.74) is 8.85. The molecular formula is C17H11BrClN5S. The summed E-state index contributed by atoms with van der Waals surface area (Å²) in [4.78, 5) is 18.9. The highest BCUT2D eigenvalue weighted by Crippen LogP contribution is 2.36. The molecule has 4 aromatic rings. The fraction of sp³-hybridized carbons (Fsp3) is 0.0588. The first kappa shape index (κ1) is 16.4. The van der Waals surface area contributed by atoms with Crippen molar-refractivity contribution in [3.8, 4) is 22.0 Å². The second-order valence-corrected chi connectivity index (χ2v) is 7.80. The van der Waals surface area contributed by atoms with Crippen molar-refractivity contribution in [2.24, 2.45) is 0 Å². The summed E-state index contributed by atoms with van der Waals surface area (Å²) in [5.74, 6) is 0.320. The van der Waals surface area contributed by atoms with Gasteiger partial charge in [0, 0.05) is 28.2 Å². The predicted molar refractivity (Wildman–Crippen MR) is 106 cm³/mol. The van der Waals surface area contributed by atoms with Crippen molar-refractivity contribution in [1.82, 2.24) is 19.9 Å². The molecular weight excluding hydrogens is 422 g/mol. The molecule has 0 aliphatic carbocycles. The van der Waals surface area contributed by atoms with Gasteiger partial charge in [0.2, 0.25) is 0 Å². The summed E-state index contributed by atoms with van der Waals surface area (Å²) in [6.07, 6.45) is 3.53. The minimum absolute atomic E-state index is 0.320. The number of halogens is 2. The zero-order valence-corrected chi connectivity index (χ0v) is 16.2. The van der Waals surface area contributed by atoms with E-state index in [9.17, 15) is 0 Å². The molecule has 0 saturated heterocycles. The van der Waals surface area contributed by atoms with E-state index in [-0.39, 0.29) is 0 Å². The van der Waals surface area contributed by atoms with Crippen molar-refractivity contribution in [3.63, 3.8) is 0 Å². The largest absolute Gasteiger partial charge is 0.381 e. The van der Waals surface area contributed by atoms with E-state index in [1.54, 1.807) is 23.7 Å². The molecule has 0 atom stereocenters. The van der Waals surface area contributed by atoms with Crippen LogP contribution in [-0.2, 0) is 0 Å². The maximum Gasteiger partial charge on any atom is 0.157 e. The first-order chi connectivity index (χ1) is 12.0. The van der Waals surface area contributed by atoms with Crippen LogP contribution in [0.1, 0.15) is 4.88 Å². The Morgan fingerprint density at radius 3 is 2.76 bits per heavy atom. The van der Waals surface area contributed by atoms with Crippen LogP contribution >= 0.6 is 38.9 Å². The van der Waals surface area contributed by atoms with E-state index in [0.717, 1.165) is 26.4 Å². The summed E-state index contributed by atoms with van der Waals surface area (Å²) >= 11 is 11.3. The number of hydrogen-bond donors (Lipinski definition) is 1. The average Bonchev–Trinajstić information content (AvgIpc) is 3.03. The van der Waals surface area contributed by atoms with E-state index in [2.05, 4.69) is 35.9 Å². The Bertz CT molecular complexity index is 1110. The number of nitrogens with zero attached hydrogens (tertiary/aromatic N) is 4. The molecule has 3 aromatic heterocycles. The number of anilines is 1. The number of nitrogens with two attached hydrogens (primary N) is 1. The highest BCUT2D eigenvalue weighted by molar-refractivity contribution is 9.10. The van der Waals surface area contributed by atoms with Crippen molar-refractivity contribution in [2.45, 2.75) is 6.92 Å². The van der Waals surface area contributed by atoms with Gasteiger partial charge in [-0.2, -0.15) is 0 Å². The summed E-state index contributed by atoms with van der Waals surface area (Å²) in [5, 5.41) is 2.26. The third-order valence-electron chi connectivity index (χ3n) is 3.63. The Kier molecular flexibility index (Phi) is 4.15. The molecule has 0 aliphatic heterocycles. The first-order valence-electron chi connectivity index (χ1n) is 7.33. The van der Waals surface area contributed by atoms with Gasteiger partial charge in [-0.15, -0.1) is 11.3 Å². The lowest BCUT2D eigenvalue weighted by molar-refractivity contribution is 1.18. The van der Waals surface area contributed by atoms with Crippen molar-refractivity contribution in [2.75, 3.05) is 5.73 Å². The Morgan fingerprint density at radius 2 is 2.00 bits per heavy atom. The summed E-state index contributed by atoms with van der Waals surface area (Å²) in [6.45, 7) is 2.00. The standard InChI is InChI=1S/C17H11BrClN5S/c1-8-7-22-17(25-8)14-13(23-15(18)16(20)24-14)10-5-9-3-2-4-21-12(9)11(19)6-10/h2-7H,1H3,(H2,20,24). The van der Waals surface area contributed by atoms with Gasteiger partial charge in [-0.25, -0.2) is 15.0 Å². The van der Waals surface area contributed by atoms with Crippen LogP contribution in [0, 0.1) is 6.92 Å². The SMILES string of the molecule is Cc1cnc(-c2nc(N)c(Br)nc2-c2cc(Cl)c3ncccc3c2)s1. The summed E-state index contributed by atoms with van der Waals surface area (Å²) < 4.78 is 0.488. The van der Waals surface area contributed by atoms with Gasteiger partial charge in [-0.3, -0.25) is 4.98 Å². The third-order valence-corrected chi connectivity index (χ3v) is 5.42. The molecule has 5 nitrogen and oxygen atoms in total. The van der Waals surface area contributed by atoms with Gasteiger partial charge >= 0.3 is 0 Å². The van der Waals surface area contributed by atoms with Crippen molar-refractivity contribution >= 4 is 55.6 Å². The maximum atomic E-state index is 6.43. The number of hydrogen-bond acceptors (Lipinski definition) is 6. The Labute approximate surface area is 161 Å². The second-order valence-electron chi connectivity index (χ2n) is 5.41. The zero-order chi connectivity index (χ0) is 17.6. The molecule has 3 heterocycles. The number of aryl methyl sites for hydroxylation is 1. The van der Waals surface area contributed by atoms with Crippen LogP contribution in [0.25, 0.3) is 32.9 Å². The normalized spacial score (nSPS) is 11.2. The quantitative estimate of drug-likeness (QED) is 0.475. The molecule has 0 fully saturated rings. The van der Waals surface area contributed by atoms with E-state index in [1.807, 2.05) is 31.2 Å². The molecule has 0 amide bonds. The van der Waals surface area contributed by atoms with Crippen LogP contribution in [0.4, 0.5) is 5.82 Å². The topological polar surface area (TPSA) is 77.6 Å². The lowest BCUT2D eigenvalue weighted by Crippen LogP contribution is -2.00. The van der Waals surface area contributed by atoms with Crippen LogP contribution in [0.5, 0.6) is 0 Å². The summed E-state index contributed by atoms with van der Waals surface area (Å²) in [7, 11) is 0. The van der Waals surface area contributed by atoms with Crippen molar-refractivity contribution < 1.29 is 0 Å². The Balaban J connectivity index is 2.00. The minimum Gasteiger partial charge on any atom is -0.381 e. The maximum absolute atomic E-state index is 6.43. The number of benzene rings is 1. The van der Waals surface area contributed by atoms with Gasteiger partial charge in [0.05, 0.1) is 10.5 Å². The Hall–Kier alpha value is -2.09. The average molecular weight is 433 g/mol. The van der Waals surface area contributed by atoms with Crippen molar-refractivity contribution in [3.05, 3.63) is 51.2 Å². The zero-order valence-electron chi connectivity index (χ0n) is 13.0. The molecule has 0 radical (unpaired) electrons. The molecule has 4 rings (SSSR count). The molecule has 2 N–H and O–H groups in total. The van der Waals surface area contributed by atoms with E-state index in [4.69, 9.17) is 17.3 Å². The van der Waals surface area contributed by atoms with Crippen LogP contribution in [0.3, 0.4) is 0 Å². The van der Waals surface area contributed by atoms with Gasteiger partial charge in [-0.1, -0.05) is 17.7 Å². The molecule has 8 heteroatoms. The van der Waals surface area contributed by atoms with E-state index >= 15 is 0 Å². The van der Waals surface area contributed by atoms with Crippen LogP contribution in [0.15, 0.2) is 41.3 Å². The molecule has 1 aromatic carbocycles.